The van der Waals surface area contributed by atoms with Gasteiger partial charge < -0.3 is 10.1 Å². The summed E-state index contributed by atoms with van der Waals surface area (Å²) in [4.78, 5) is 12.2. The van der Waals surface area contributed by atoms with Gasteiger partial charge in [-0.3, -0.25) is 9.36 Å². The molecule has 3 aromatic rings. The van der Waals surface area contributed by atoms with Crippen molar-refractivity contribution < 1.29 is 9.53 Å². The maximum atomic E-state index is 12.2. The van der Waals surface area contributed by atoms with Crippen molar-refractivity contribution in [3.63, 3.8) is 0 Å². The molecule has 0 radical (unpaired) electrons. The molecule has 8 heteroatoms. The maximum Gasteiger partial charge on any atom is 0.234 e. The van der Waals surface area contributed by atoms with Gasteiger partial charge in [0.1, 0.15) is 5.75 Å². The first-order valence-electron chi connectivity index (χ1n) is 9.00. The van der Waals surface area contributed by atoms with Crippen molar-refractivity contribution >= 4 is 35.0 Å². The average molecular weight is 429 g/mol. The molecular weight excluding hydrogens is 408 g/mol. The Morgan fingerprint density at radius 2 is 2.07 bits per heavy atom. The minimum atomic E-state index is -0.353. The number of hydrogen-bond acceptors (Lipinski definition) is 5. The van der Waals surface area contributed by atoms with Crippen molar-refractivity contribution in [2.45, 2.75) is 24.7 Å². The molecule has 1 N–H and O–H groups in total. The van der Waals surface area contributed by atoms with Gasteiger partial charge in [0.15, 0.2) is 17.1 Å². The monoisotopic (exact) mass is 428 g/mol. The Morgan fingerprint density at radius 3 is 2.79 bits per heavy atom. The lowest BCUT2D eigenvalue weighted by Gasteiger charge is -2.16. The molecule has 0 aliphatic carbocycles. The molecule has 0 aliphatic heterocycles. The Labute approximate surface area is 178 Å². The Bertz CT molecular complexity index is 978. The van der Waals surface area contributed by atoms with E-state index in [0.717, 1.165) is 5.69 Å². The van der Waals surface area contributed by atoms with Crippen LogP contribution in [0.1, 0.15) is 18.9 Å². The number of benzene rings is 2. The Hall–Kier alpha value is -2.77. The molecule has 0 spiro atoms. The summed E-state index contributed by atoms with van der Waals surface area (Å²) < 4.78 is 7.85. The van der Waals surface area contributed by atoms with E-state index in [1.165, 1.54) is 11.8 Å². The van der Waals surface area contributed by atoms with E-state index in [-0.39, 0.29) is 17.8 Å². The fraction of sp³-hybridized carbons (Fsp3) is 0.190. The molecule has 6 nitrogen and oxygen atoms in total. The smallest absolute Gasteiger partial charge is 0.234 e. The van der Waals surface area contributed by atoms with Gasteiger partial charge in [0.05, 0.1) is 5.75 Å². The van der Waals surface area contributed by atoms with Gasteiger partial charge in [-0.15, -0.1) is 16.8 Å². The van der Waals surface area contributed by atoms with Crippen LogP contribution in [0.4, 0.5) is 5.69 Å². The van der Waals surface area contributed by atoms with E-state index in [1.54, 1.807) is 18.2 Å². The topological polar surface area (TPSA) is 69.0 Å². The molecule has 1 unspecified atom stereocenters. The molecule has 29 heavy (non-hydrogen) atoms. The van der Waals surface area contributed by atoms with Crippen LogP contribution in [0.5, 0.6) is 5.75 Å². The summed E-state index contributed by atoms with van der Waals surface area (Å²) in [6, 6.07) is 16.5. The van der Waals surface area contributed by atoms with Gasteiger partial charge in [-0.1, -0.05) is 53.7 Å². The summed E-state index contributed by atoms with van der Waals surface area (Å²) >= 11 is 7.33. The van der Waals surface area contributed by atoms with Crippen LogP contribution >= 0.6 is 23.4 Å². The second-order valence-corrected chi connectivity index (χ2v) is 7.54. The molecule has 3 rings (SSSR count). The number of aromatic nitrogens is 3. The van der Waals surface area contributed by atoms with E-state index in [4.69, 9.17) is 16.3 Å². The maximum absolute atomic E-state index is 12.2. The zero-order valence-corrected chi connectivity index (χ0v) is 17.5. The lowest BCUT2D eigenvalue weighted by Crippen LogP contribution is -2.15. The van der Waals surface area contributed by atoms with E-state index >= 15 is 0 Å². The summed E-state index contributed by atoms with van der Waals surface area (Å²) in [5.74, 6) is 1.40. The number of allylic oxidation sites excluding steroid dienone is 1. The van der Waals surface area contributed by atoms with Crippen LogP contribution < -0.4 is 10.1 Å². The number of halogens is 1. The zero-order valence-electron chi connectivity index (χ0n) is 15.9. The van der Waals surface area contributed by atoms with Gasteiger partial charge in [0.2, 0.25) is 5.91 Å². The molecule has 0 fully saturated rings. The molecule has 1 atom stereocenters. The van der Waals surface area contributed by atoms with Crippen LogP contribution in [0.25, 0.3) is 0 Å². The molecule has 2 aromatic carbocycles. The fourth-order valence-corrected chi connectivity index (χ4v) is 3.59. The van der Waals surface area contributed by atoms with Crippen LogP contribution in [0.3, 0.4) is 0 Å². The number of nitrogens with zero attached hydrogens (tertiary/aromatic N) is 3. The van der Waals surface area contributed by atoms with E-state index in [1.807, 2.05) is 54.0 Å². The van der Waals surface area contributed by atoms with E-state index in [2.05, 4.69) is 22.1 Å². The molecule has 1 amide bonds. The first kappa shape index (κ1) is 21.0. The standard InChI is InChI=1S/C21H21ClN4O2S/c1-3-12-26-20(15(2)28-18-11-7-8-16(22)13-18)24-25-21(26)29-14-19(27)23-17-9-5-4-6-10-17/h3-11,13,15H,1,12,14H2,2H3,(H,23,27). The number of nitrogens with one attached hydrogen (secondary N) is 1. The van der Waals surface area contributed by atoms with Gasteiger partial charge in [-0.2, -0.15) is 0 Å². The van der Waals surface area contributed by atoms with Gasteiger partial charge in [-0.05, 0) is 37.3 Å². The molecule has 0 aliphatic rings. The van der Waals surface area contributed by atoms with E-state index in [9.17, 15) is 4.79 Å². The third-order valence-corrected chi connectivity index (χ3v) is 5.12. The molecule has 0 bridgehead atoms. The summed E-state index contributed by atoms with van der Waals surface area (Å²) in [7, 11) is 0. The Kier molecular flexibility index (Phi) is 7.32. The van der Waals surface area contributed by atoms with Crippen molar-refractivity contribution in [1.82, 2.24) is 14.8 Å². The summed E-state index contributed by atoms with van der Waals surface area (Å²) in [5, 5.41) is 12.6. The highest BCUT2D eigenvalue weighted by Crippen LogP contribution is 2.26. The number of carbonyl (C=O) groups is 1. The number of para-hydroxylation sites is 1. The molecule has 1 aromatic heterocycles. The highest BCUT2D eigenvalue weighted by atomic mass is 35.5. The number of carbonyl (C=O) groups excluding carboxylic acids is 1. The zero-order chi connectivity index (χ0) is 20.6. The molecular formula is C21H21ClN4O2S. The first-order chi connectivity index (χ1) is 14.1. The second-order valence-electron chi connectivity index (χ2n) is 6.16. The quantitative estimate of drug-likeness (QED) is 0.384. The minimum absolute atomic E-state index is 0.112. The van der Waals surface area contributed by atoms with Crippen LogP contribution in [0.2, 0.25) is 5.02 Å². The number of ether oxygens (including phenoxy) is 1. The lowest BCUT2D eigenvalue weighted by molar-refractivity contribution is -0.113. The SMILES string of the molecule is C=CCn1c(SCC(=O)Nc2ccccc2)nnc1C(C)Oc1cccc(Cl)c1. The highest BCUT2D eigenvalue weighted by molar-refractivity contribution is 7.99. The van der Waals surface area contributed by atoms with Crippen molar-refractivity contribution in [2.24, 2.45) is 0 Å². The van der Waals surface area contributed by atoms with Crippen molar-refractivity contribution in [3.8, 4) is 5.75 Å². The first-order valence-corrected chi connectivity index (χ1v) is 10.4. The summed E-state index contributed by atoms with van der Waals surface area (Å²) in [5.41, 5.74) is 0.759. The van der Waals surface area contributed by atoms with Crippen LogP contribution in [0.15, 0.2) is 72.4 Å². The van der Waals surface area contributed by atoms with E-state index < -0.39 is 0 Å². The van der Waals surface area contributed by atoms with Crippen LogP contribution in [-0.2, 0) is 11.3 Å². The summed E-state index contributed by atoms with van der Waals surface area (Å²) in [6.07, 6.45) is 1.40. The second kappa shape index (κ2) is 10.1. The molecule has 0 saturated carbocycles. The van der Waals surface area contributed by atoms with Gasteiger partial charge in [0, 0.05) is 17.3 Å². The number of amides is 1. The Balaban J connectivity index is 1.67. The predicted molar refractivity (Wildman–Crippen MR) is 117 cm³/mol. The van der Waals surface area contributed by atoms with Crippen LogP contribution in [-0.4, -0.2) is 26.4 Å². The third-order valence-electron chi connectivity index (χ3n) is 3.92. The predicted octanol–water partition coefficient (Wildman–Crippen LogP) is 4.99. The fourth-order valence-electron chi connectivity index (χ4n) is 2.65. The Morgan fingerprint density at radius 1 is 1.28 bits per heavy atom. The van der Waals surface area contributed by atoms with Crippen molar-refractivity contribution in [3.05, 3.63) is 78.1 Å². The molecule has 0 saturated heterocycles. The number of rotatable bonds is 9. The van der Waals surface area contributed by atoms with Crippen molar-refractivity contribution in [2.75, 3.05) is 11.1 Å². The van der Waals surface area contributed by atoms with Gasteiger partial charge in [0.25, 0.3) is 0 Å². The third kappa shape index (κ3) is 5.85. The van der Waals surface area contributed by atoms with E-state index in [0.29, 0.717) is 28.3 Å². The molecule has 1 heterocycles. The molecule has 150 valence electrons. The number of hydrogen-bond donors (Lipinski definition) is 1. The van der Waals surface area contributed by atoms with Gasteiger partial charge in [-0.25, -0.2) is 0 Å². The highest BCUT2D eigenvalue weighted by Gasteiger charge is 2.20. The largest absolute Gasteiger partial charge is 0.483 e. The normalized spacial score (nSPS) is 11.7. The lowest BCUT2D eigenvalue weighted by atomic mass is 10.3. The number of thioether (sulfide) groups is 1. The van der Waals surface area contributed by atoms with Gasteiger partial charge >= 0.3 is 0 Å². The number of anilines is 1. The van der Waals surface area contributed by atoms with Crippen LogP contribution in [0, 0.1) is 0 Å². The minimum Gasteiger partial charge on any atom is -0.483 e. The summed E-state index contributed by atoms with van der Waals surface area (Å²) in [6.45, 7) is 6.20. The average Bonchev–Trinajstić information content (AvgIpc) is 3.10. The van der Waals surface area contributed by atoms with Crippen molar-refractivity contribution in [1.29, 1.82) is 0 Å².